The lowest BCUT2D eigenvalue weighted by atomic mass is 10.1. The largest absolute Gasteiger partial charge is 0.462 e. The van der Waals surface area contributed by atoms with Crippen molar-refractivity contribution in [3.05, 3.63) is 134 Å². The van der Waals surface area contributed by atoms with Gasteiger partial charge in [-0.25, -0.2) is 0 Å². The van der Waals surface area contributed by atoms with E-state index in [1.807, 2.05) is 6.08 Å². The summed E-state index contributed by atoms with van der Waals surface area (Å²) in [5.41, 5.74) is 0. The molecule has 0 amide bonds. The van der Waals surface area contributed by atoms with E-state index in [1.54, 1.807) is 6.08 Å². The van der Waals surface area contributed by atoms with Gasteiger partial charge in [-0.05, 0) is 116 Å². The molecule has 0 saturated heterocycles. The quantitative estimate of drug-likeness (QED) is 0.0261. The van der Waals surface area contributed by atoms with Crippen molar-refractivity contribution < 1.29 is 28.6 Å². The number of esters is 3. The van der Waals surface area contributed by atoms with Crippen molar-refractivity contribution in [2.45, 2.75) is 284 Å². The lowest BCUT2D eigenvalue weighted by Gasteiger charge is -2.18. The number of allylic oxidation sites excluding steroid dienone is 21. The molecule has 1 unspecified atom stereocenters. The van der Waals surface area contributed by atoms with E-state index in [2.05, 4.69) is 142 Å². The maximum atomic E-state index is 12.9. The summed E-state index contributed by atoms with van der Waals surface area (Å²) in [5, 5.41) is 0. The molecule has 0 aromatic heterocycles. The first-order valence-electron chi connectivity index (χ1n) is 31.7. The second-order valence-electron chi connectivity index (χ2n) is 20.6. The SMILES string of the molecule is CC/C=C\C/C=C\C/C=C\C/C=C\C/C=C\CC(=O)OCC(COC(=O)CCCCCCCCCCCC/C=C\C/C=C\C/C=C\C/C=C\CC)OC(=O)CCCCCCCCCCC/C=C\C/C=C\CCCCCCC. The molecule has 0 N–H and O–H groups in total. The zero-order valence-corrected chi connectivity index (χ0v) is 49.9. The zero-order valence-electron chi connectivity index (χ0n) is 49.9. The fourth-order valence-corrected chi connectivity index (χ4v) is 8.48. The highest BCUT2D eigenvalue weighted by Gasteiger charge is 2.19. The Hall–Kier alpha value is -4.45. The molecule has 0 rings (SSSR count). The van der Waals surface area contributed by atoms with Crippen LogP contribution in [0.15, 0.2) is 134 Å². The van der Waals surface area contributed by atoms with Crippen LogP contribution in [0.25, 0.3) is 0 Å². The first kappa shape index (κ1) is 72.5. The average Bonchev–Trinajstić information content (AvgIpc) is 3.43. The second-order valence-corrected chi connectivity index (χ2v) is 20.6. The van der Waals surface area contributed by atoms with Gasteiger partial charge in [-0.3, -0.25) is 14.4 Å². The van der Waals surface area contributed by atoms with Crippen LogP contribution < -0.4 is 0 Å². The van der Waals surface area contributed by atoms with Crippen LogP contribution in [0, 0.1) is 0 Å². The fourth-order valence-electron chi connectivity index (χ4n) is 8.48. The van der Waals surface area contributed by atoms with Crippen LogP contribution in [0.3, 0.4) is 0 Å². The van der Waals surface area contributed by atoms with Crippen molar-refractivity contribution in [2.24, 2.45) is 0 Å². The van der Waals surface area contributed by atoms with E-state index in [1.165, 1.54) is 135 Å². The van der Waals surface area contributed by atoms with E-state index in [4.69, 9.17) is 14.2 Å². The molecule has 0 aliphatic rings. The number of rotatable bonds is 56. The van der Waals surface area contributed by atoms with Crippen molar-refractivity contribution in [2.75, 3.05) is 13.2 Å². The third-order valence-electron chi connectivity index (χ3n) is 13.2. The zero-order chi connectivity index (χ0) is 55.7. The third kappa shape index (κ3) is 62.3. The smallest absolute Gasteiger partial charge is 0.309 e. The topological polar surface area (TPSA) is 78.9 Å². The molecule has 1 atom stereocenters. The Labute approximate surface area is 475 Å². The average molecular weight is 1070 g/mol. The number of hydrogen-bond acceptors (Lipinski definition) is 6. The van der Waals surface area contributed by atoms with Gasteiger partial charge in [0.15, 0.2) is 6.10 Å². The Kier molecular flexibility index (Phi) is 60.4. The lowest BCUT2D eigenvalue weighted by Crippen LogP contribution is -2.30. The Morgan fingerprint density at radius 3 is 0.909 bits per heavy atom. The molecule has 0 aromatic rings. The number of hydrogen-bond donors (Lipinski definition) is 0. The van der Waals surface area contributed by atoms with Crippen molar-refractivity contribution in [3.8, 4) is 0 Å². The summed E-state index contributed by atoms with van der Waals surface area (Å²) in [6.45, 7) is 6.32. The molecule has 0 fully saturated rings. The van der Waals surface area contributed by atoms with Crippen molar-refractivity contribution in [3.63, 3.8) is 0 Å². The van der Waals surface area contributed by atoms with E-state index in [0.29, 0.717) is 12.8 Å². The van der Waals surface area contributed by atoms with Crippen LogP contribution in [0.5, 0.6) is 0 Å². The molecule has 436 valence electrons. The highest BCUT2D eigenvalue weighted by Crippen LogP contribution is 2.15. The highest BCUT2D eigenvalue weighted by molar-refractivity contribution is 5.72. The normalized spacial score (nSPS) is 13.0. The maximum absolute atomic E-state index is 12.9. The van der Waals surface area contributed by atoms with Gasteiger partial charge in [0.05, 0.1) is 6.42 Å². The standard InChI is InChI=1S/C71H116O6/c1-4-7-10-13-16-19-22-25-28-30-32-34-35-37-38-40-43-46-49-52-55-58-61-64-70(73)76-67-68(66-75-69(72)63-60-57-54-51-48-45-42-27-24-21-18-15-12-9-6-3)77-71(74)65-62-59-56-53-50-47-44-41-39-36-33-31-29-26-23-20-17-14-11-8-5-2/h7,9-10,12,16,18-19,21,23,25-28,31-34,42,48,51,57,60,68H,4-6,8,11,13-15,17,20,22,24,29-30,35-41,43-47,49-50,52-56,58-59,61-67H2,1-3H3/b10-7-,12-9-,19-16-,21-18-,26-23-,28-25-,33-31-,34-32-,42-27-,51-48-,60-57-. The van der Waals surface area contributed by atoms with Crippen LogP contribution in [0.2, 0.25) is 0 Å². The summed E-state index contributed by atoms with van der Waals surface area (Å²) in [4.78, 5) is 38.3. The monoisotopic (exact) mass is 1060 g/mol. The van der Waals surface area contributed by atoms with E-state index in [0.717, 1.165) is 103 Å². The molecule has 0 heterocycles. The summed E-state index contributed by atoms with van der Waals surface area (Å²) in [6, 6.07) is 0. The molecule has 0 aliphatic heterocycles. The number of carbonyl (C=O) groups is 3. The summed E-state index contributed by atoms with van der Waals surface area (Å²) in [6.07, 6.45) is 90.5. The minimum Gasteiger partial charge on any atom is -0.462 e. The summed E-state index contributed by atoms with van der Waals surface area (Å²) in [5.74, 6) is -1.06. The summed E-state index contributed by atoms with van der Waals surface area (Å²) < 4.78 is 16.8. The van der Waals surface area contributed by atoms with Crippen LogP contribution in [-0.4, -0.2) is 37.2 Å². The van der Waals surface area contributed by atoms with E-state index in [9.17, 15) is 14.4 Å². The van der Waals surface area contributed by atoms with Crippen molar-refractivity contribution in [1.82, 2.24) is 0 Å². The second kappa shape index (κ2) is 64.1. The Bertz CT molecular complexity index is 1650. The number of unbranched alkanes of at least 4 members (excludes halogenated alkanes) is 24. The van der Waals surface area contributed by atoms with Crippen LogP contribution in [-0.2, 0) is 28.6 Å². The molecule has 77 heavy (non-hydrogen) atoms. The van der Waals surface area contributed by atoms with Crippen LogP contribution in [0.4, 0.5) is 0 Å². The molecular weight excluding hydrogens is 949 g/mol. The molecule has 0 bridgehead atoms. The molecule has 0 radical (unpaired) electrons. The third-order valence-corrected chi connectivity index (χ3v) is 13.2. The first-order chi connectivity index (χ1) is 38.0. The van der Waals surface area contributed by atoms with Gasteiger partial charge in [0.25, 0.3) is 0 Å². The number of ether oxygens (including phenoxy) is 3. The van der Waals surface area contributed by atoms with Gasteiger partial charge in [0.1, 0.15) is 13.2 Å². The first-order valence-corrected chi connectivity index (χ1v) is 31.7. The molecule has 0 aliphatic carbocycles. The van der Waals surface area contributed by atoms with Gasteiger partial charge < -0.3 is 14.2 Å². The van der Waals surface area contributed by atoms with Gasteiger partial charge in [-0.15, -0.1) is 0 Å². The minimum atomic E-state index is -0.828. The number of carbonyl (C=O) groups excluding carboxylic acids is 3. The lowest BCUT2D eigenvalue weighted by molar-refractivity contribution is -0.166. The van der Waals surface area contributed by atoms with Gasteiger partial charge in [0.2, 0.25) is 0 Å². The maximum Gasteiger partial charge on any atom is 0.309 e. The van der Waals surface area contributed by atoms with Gasteiger partial charge >= 0.3 is 17.9 Å². The minimum absolute atomic E-state index is 0.115. The summed E-state index contributed by atoms with van der Waals surface area (Å²) >= 11 is 0. The predicted molar refractivity (Wildman–Crippen MR) is 334 cm³/mol. The molecule has 0 aromatic carbocycles. The molecular formula is C71H116O6. The van der Waals surface area contributed by atoms with Gasteiger partial charge in [-0.2, -0.15) is 0 Å². The fraction of sp³-hybridized carbons (Fsp3) is 0.648. The predicted octanol–water partition coefficient (Wildman–Crippen LogP) is 21.8. The molecule has 0 spiro atoms. The highest BCUT2D eigenvalue weighted by atomic mass is 16.6. The van der Waals surface area contributed by atoms with Gasteiger partial charge in [0, 0.05) is 12.8 Å². The molecule has 6 nitrogen and oxygen atoms in total. The molecule has 0 saturated carbocycles. The van der Waals surface area contributed by atoms with E-state index >= 15 is 0 Å². The van der Waals surface area contributed by atoms with E-state index in [-0.39, 0.29) is 31.6 Å². The van der Waals surface area contributed by atoms with Gasteiger partial charge in [-0.1, -0.05) is 276 Å². The van der Waals surface area contributed by atoms with E-state index < -0.39 is 12.1 Å². The Morgan fingerprint density at radius 1 is 0.286 bits per heavy atom. The van der Waals surface area contributed by atoms with Crippen LogP contribution >= 0.6 is 0 Å². The van der Waals surface area contributed by atoms with Crippen molar-refractivity contribution in [1.29, 1.82) is 0 Å². The Morgan fingerprint density at radius 2 is 0.558 bits per heavy atom. The summed E-state index contributed by atoms with van der Waals surface area (Å²) in [7, 11) is 0. The van der Waals surface area contributed by atoms with Crippen molar-refractivity contribution >= 4 is 17.9 Å². The molecule has 6 heteroatoms. The van der Waals surface area contributed by atoms with Crippen LogP contribution in [0.1, 0.15) is 278 Å². The Balaban J connectivity index is 4.46.